The maximum atomic E-state index is 12.4. The largest absolute Gasteiger partial charge is 0.480 e. The molecule has 9 heteroatoms. The molecule has 0 aromatic carbocycles. The van der Waals surface area contributed by atoms with Crippen molar-refractivity contribution in [2.24, 2.45) is 7.05 Å². The minimum atomic E-state index is -1.15. The Morgan fingerprint density at radius 1 is 1.55 bits per heavy atom. The molecule has 1 aliphatic rings. The van der Waals surface area contributed by atoms with Crippen molar-refractivity contribution in [2.45, 2.75) is 25.8 Å². The van der Waals surface area contributed by atoms with Gasteiger partial charge < -0.3 is 10.0 Å². The second kappa shape index (κ2) is 4.91. The normalized spacial score (nSPS) is 14.1. The van der Waals surface area contributed by atoms with Gasteiger partial charge in [0.25, 0.3) is 5.91 Å². The predicted molar refractivity (Wildman–Crippen MR) is 66.3 cm³/mol. The molecule has 1 N–H and O–H groups in total. The summed E-state index contributed by atoms with van der Waals surface area (Å²) in [6, 6.07) is -0.159. The quantitative estimate of drug-likeness (QED) is 0.614. The molecule has 1 heterocycles. The summed E-state index contributed by atoms with van der Waals surface area (Å²) in [5, 5.41) is 23.8. The van der Waals surface area contributed by atoms with Gasteiger partial charge in [-0.2, -0.15) is 5.10 Å². The van der Waals surface area contributed by atoms with Gasteiger partial charge in [0, 0.05) is 13.1 Å². The number of carboxylic acid groups (broad SMARTS) is 1. The summed E-state index contributed by atoms with van der Waals surface area (Å²) >= 11 is 0. The fourth-order valence-corrected chi connectivity index (χ4v) is 2.14. The number of aryl methyl sites for hydroxylation is 2. The van der Waals surface area contributed by atoms with E-state index in [0.29, 0.717) is 12.8 Å². The van der Waals surface area contributed by atoms with Gasteiger partial charge in [-0.1, -0.05) is 0 Å². The van der Waals surface area contributed by atoms with E-state index < -0.39 is 23.3 Å². The van der Waals surface area contributed by atoms with Crippen LogP contribution >= 0.6 is 0 Å². The van der Waals surface area contributed by atoms with E-state index in [1.54, 1.807) is 0 Å². The standard InChI is InChI=1S/C11H14N4O5/c1-6-9(15(19)20)10(13(2)12-6)11(18)14(5-8(16)17)7-3-4-7/h7H,3-5H2,1-2H3,(H,16,17). The lowest BCUT2D eigenvalue weighted by Crippen LogP contribution is -2.38. The van der Waals surface area contributed by atoms with Crippen LogP contribution in [0.15, 0.2) is 0 Å². The van der Waals surface area contributed by atoms with Gasteiger partial charge >= 0.3 is 11.7 Å². The Balaban J connectivity index is 2.41. The van der Waals surface area contributed by atoms with Crippen molar-refractivity contribution in [2.75, 3.05) is 6.54 Å². The van der Waals surface area contributed by atoms with Crippen LogP contribution in [0.1, 0.15) is 29.0 Å². The molecule has 1 fully saturated rings. The van der Waals surface area contributed by atoms with Gasteiger partial charge in [0.05, 0.1) is 4.92 Å². The van der Waals surface area contributed by atoms with Gasteiger partial charge in [-0.25, -0.2) is 0 Å². The molecule has 9 nitrogen and oxygen atoms in total. The van der Waals surface area contributed by atoms with E-state index in [1.165, 1.54) is 14.0 Å². The lowest BCUT2D eigenvalue weighted by Gasteiger charge is -2.19. The number of aromatic nitrogens is 2. The first-order valence-electron chi connectivity index (χ1n) is 6.03. The molecular weight excluding hydrogens is 268 g/mol. The van der Waals surface area contributed by atoms with Crippen LogP contribution < -0.4 is 0 Å². The Labute approximate surface area is 113 Å². The Morgan fingerprint density at radius 2 is 2.15 bits per heavy atom. The highest BCUT2D eigenvalue weighted by molar-refractivity contribution is 5.98. The fourth-order valence-electron chi connectivity index (χ4n) is 2.14. The third kappa shape index (κ3) is 2.46. The van der Waals surface area contributed by atoms with Crippen molar-refractivity contribution in [3.8, 4) is 0 Å². The van der Waals surface area contributed by atoms with E-state index in [1.807, 2.05) is 0 Å². The molecule has 0 atom stereocenters. The van der Waals surface area contributed by atoms with Crippen LogP contribution in [0.5, 0.6) is 0 Å². The second-order valence-corrected chi connectivity index (χ2v) is 4.72. The molecule has 1 aromatic rings. The average Bonchev–Trinajstić information content (AvgIpc) is 3.10. The van der Waals surface area contributed by atoms with Gasteiger partial charge in [0.2, 0.25) is 5.69 Å². The van der Waals surface area contributed by atoms with Crippen LogP contribution in [0.3, 0.4) is 0 Å². The van der Waals surface area contributed by atoms with E-state index >= 15 is 0 Å². The number of amides is 1. The smallest absolute Gasteiger partial charge is 0.323 e. The SMILES string of the molecule is Cc1nn(C)c(C(=O)N(CC(=O)O)C2CC2)c1[N+](=O)[O-]. The molecule has 0 unspecified atom stereocenters. The number of nitro groups is 1. The molecular formula is C11H14N4O5. The molecule has 0 spiro atoms. The number of rotatable bonds is 5. The number of hydrogen-bond donors (Lipinski definition) is 1. The average molecular weight is 282 g/mol. The highest BCUT2D eigenvalue weighted by Gasteiger charge is 2.39. The van der Waals surface area contributed by atoms with Crippen LogP contribution in [0, 0.1) is 17.0 Å². The zero-order valence-electron chi connectivity index (χ0n) is 11.1. The highest BCUT2D eigenvalue weighted by atomic mass is 16.6. The number of carbonyl (C=O) groups is 2. The molecule has 108 valence electrons. The Bertz CT molecular complexity index is 590. The van der Waals surface area contributed by atoms with E-state index in [0.717, 1.165) is 9.58 Å². The number of carbonyl (C=O) groups excluding carboxylic acids is 1. The summed E-state index contributed by atoms with van der Waals surface area (Å²) in [6.45, 7) is 0.971. The second-order valence-electron chi connectivity index (χ2n) is 4.72. The minimum absolute atomic E-state index is 0.131. The fraction of sp³-hybridized carbons (Fsp3) is 0.545. The first kappa shape index (κ1) is 14.0. The van der Waals surface area contributed by atoms with Crippen molar-refractivity contribution in [1.29, 1.82) is 0 Å². The molecule has 0 radical (unpaired) electrons. The minimum Gasteiger partial charge on any atom is -0.480 e. The van der Waals surface area contributed by atoms with Gasteiger partial charge in [0.1, 0.15) is 12.2 Å². The maximum absolute atomic E-state index is 12.4. The molecule has 1 amide bonds. The van der Waals surface area contributed by atoms with Crippen LogP contribution in [0.2, 0.25) is 0 Å². The summed E-state index contributed by atoms with van der Waals surface area (Å²) in [5.74, 6) is -1.81. The molecule has 1 aromatic heterocycles. The van der Waals surface area contributed by atoms with Gasteiger partial charge in [-0.05, 0) is 19.8 Å². The van der Waals surface area contributed by atoms with E-state index in [4.69, 9.17) is 5.11 Å². The molecule has 1 saturated carbocycles. The zero-order chi connectivity index (χ0) is 15.0. The summed E-state index contributed by atoms with van der Waals surface area (Å²) in [6.07, 6.45) is 1.42. The van der Waals surface area contributed by atoms with Crippen molar-refractivity contribution in [3.63, 3.8) is 0 Å². The molecule has 0 bridgehead atoms. The lowest BCUT2D eigenvalue weighted by molar-refractivity contribution is -0.385. The third-order valence-electron chi connectivity index (χ3n) is 3.13. The van der Waals surface area contributed by atoms with Crippen molar-refractivity contribution < 1.29 is 19.6 Å². The summed E-state index contributed by atoms with van der Waals surface area (Å²) in [5.41, 5.74) is -0.416. The maximum Gasteiger partial charge on any atom is 0.323 e. The molecule has 1 aliphatic carbocycles. The Kier molecular flexibility index (Phi) is 3.43. The summed E-state index contributed by atoms with van der Waals surface area (Å²) in [7, 11) is 1.43. The van der Waals surface area contributed by atoms with Gasteiger partial charge in [0.15, 0.2) is 0 Å². The Hall–Kier alpha value is -2.45. The van der Waals surface area contributed by atoms with Crippen LogP contribution in [-0.2, 0) is 11.8 Å². The molecule has 0 saturated heterocycles. The van der Waals surface area contributed by atoms with E-state index in [-0.39, 0.29) is 23.1 Å². The predicted octanol–water partition coefficient (Wildman–Crippen LogP) is 0.326. The van der Waals surface area contributed by atoms with Crippen molar-refractivity contribution >= 4 is 17.6 Å². The number of nitrogens with zero attached hydrogens (tertiary/aromatic N) is 4. The third-order valence-corrected chi connectivity index (χ3v) is 3.13. The highest BCUT2D eigenvalue weighted by Crippen LogP contribution is 2.31. The number of carboxylic acids is 1. The van der Waals surface area contributed by atoms with Gasteiger partial charge in [-0.15, -0.1) is 0 Å². The van der Waals surface area contributed by atoms with E-state index in [2.05, 4.69) is 5.10 Å². The zero-order valence-corrected chi connectivity index (χ0v) is 11.1. The van der Waals surface area contributed by atoms with Crippen LogP contribution in [0.25, 0.3) is 0 Å². The monoisotopic (exact) mass is 282 g/mol. The summed E-state index contributed by atoms with van der Waals surface area (Å²) in [4.78, 5) is 34.8. The number of hydrogen-bond acceptors (Lipinski definition) is 5. The first-order chi connectivity index (χ1) is 9.32. The lowest BCUT2D eigenvalue weighted by atomic mass is 10.2. The first-order valence-corrected chi connectivity index (χ1v) is 6.03. The topological polar surface area (TPSA) is 119 Å². The van der Waals surface area contributed by atoms with Crippen molar-refractivity contribution in [1.82, 2.24) is 14.7 Å². The molecule has 0 aliphatic heterocycles. The number of aliphatic carboxylic acids is 1. The molecule has 20 heavy (non-hydrogen) atoms. The molecule has 2 rings (SSSR count). The van der Waals surface area contributed by atoms with Gasteiger partial charge in [-0.3, -0.25) is 24.4 Å². The Morgan fingerprint density at radius 3 is 2.60 bits per heavy atom. The van der Waals surface area contributed by atoms with Crippen molar-refractivity contribution in [3.05, 3.63) is 21.5 Å². The summed E-state index contributed by atoms with van der Waals surface area (Å²) < 4.78 is 1.13. The van der Waals surface area contributed by atoms with E-state index in [9.17, 15) is 19.7 Å². The van der Waals surface area contributed by atoms with Crippen LogP contribution in [0.4, 0.5) is 5.69 Å². The van der Waals surface area contributed by atoms with Crippen LogP contribution in [-0.4, -0.2) is 49.2 Å².